The highest BCUT2D eigenvalue weighted by Gasteiger charge is 2.22. The standard InChI is InChI=1S/C37H39FN2O2.2ClH/c38-35-13-9-29(10-14-35)25-40-21-22-42-37-16-12-33(24-34(37)27-40)36(41)15-11-28-17-19-39(20-18-28)26-30-5-4-8-32(23-30)31-6-2-1-3-7-31;;/h1-10,12-14,16,23-24,28H,11,15,17-22,25-27H2;2*1H. The molecular formula is C37H41Cl2FN2O2. The van der Waals surface area contributed by atoms with Gasteiger partial charge in [-0.25, -0.2) is 4.39 Å². The van der Waals surface area contributed by atoms with Crippen molar-refractivity contribution >= 4 is 30.6 Å². The van der Waals surface area contributed by atoms with Gasteiger partial charge in [-0.2, -0.15) is 0 Å². The zero-order chi connectivity index (χ0) is 28.7. The van der Waals surface area contributed by atoms with Crippen LogP contribution in [-0.2, 0) is 19.6 Å². The summed E-state index contributed by atoms with van der Waals surface area (Å²) < 4.78 is 19.3. The molecule has 4 aromatic rings. The number of carbonyl (C=O) groups excluding carboxylic acids is 1. The lowest BCUT2D eigenvalue weighted by Crippen LogP contribution is -2.33. The van der Waals surface area contributed by atoms with E-state index >= 15 is 0 Å². The number of ketones is 1. The van der Waals surface area contributed by atoms with Gasteiger partial charge in [0.2, 0.25) is 0 Å². The molecular weight excluding hydrogens is 594 g/mol. The fourth-order valence-corrected chi connectivity index (χ4v) is 6.26. The van der Waals surface area contributed by atoms with Gasteiger partial charge in [0, 0.05) is 43.7 Å². The largest absolute Gasteiger partial charge is 0.492 e. The first-order valence-corrected chi connectivity index (χ1v) is 15.2. The summed E-state index contributed by atoms with van der Waals surface area (Å²) >= 11 is 0. The molecule has 0 spiro atoms. The molecule has 1 saturated heterocycles. The van der Waals surface area contributed by atoms with Gasteiger partial charge in [0.15, 0.2) is 5.78 Å². The van der Waals surface area contributed by atoms with Gasteiger partial charge in [-0.1, -0.05) is 60.7 Å². The first-order valence-electron chi connectivity index (χ1n) is 15.2. The molecule has 0 N–H and O–H groups in total. The average Bonchev–Trinajstić information content (AvgIpc) is 3.23. The summed E-state index contributed by atoms with van der Waals surface area (Å²) in [4.78, 5) is 18.1. The number of benzene rings is 4. The Morgan fingerprint density at radius 1 is 0.750 bits per heavy atom. The molecule has 0 aromatic heterocycles. The van der Waals surface area contributed by atoms with Gasteiger partial charge in [-0.15, -0.1) is 24.8 Å². The van der Waals surface area contributed by atoms with E-state index in [1.165, 1.54) is 28.8 Å². The Bertz CT molecular complexity index is 1490. The monoisotopic (exact) mass is 634 g/mol. The van der Waals surface area contributed by atoms with Crippen LogP contribution in [0.1, 0.15) is 52.7 Å². The van der Waals surface area contributed by atoms with E-state index in [2.05, 4.69) is 64.4 Å². The number of Topliss-reactive ketones (excluding diaryl/α,β-unsaturated/α-hetero) is 1. The quantitative estimate of drug-likeness (QED) is 0.173. The minimum atomic E-state index is -0.221. The van der Waals surface area contributed by atoms with Gasteiger partial charge in [0.05, 0.1) is 0 Å². The highest BCUT2D eigenvalue weighted by Crippen LogP contribution is 2.28. The molecule has 2 heterocycles. The molecule has 0 unspecified atom stereocenters. The summed E-state index contributed by atoms with van der Waals surface area (Å²) in [6.07, 6.45) is 3.81. The van der Waals surface area contributed by atoms with E-state index in [9.17, 15) is 9.18 Å². The van der Waals surface area contributed by atoms with Crippen molar-refractivity contribution in [2.75, 3.05) is 26.2 Å². The second-order valence-electron chi connectivity index (χ2n) is 11.8. The fourth-order valence-electron chi connectivity index (χ4n) is 6.26. The van der Waals surface area contributed by atoms with E-state index in [1.807, 2.05) is 30.3 Å². The SMILES string of the molecule is Cl.Cl.O=C(CCC1CCN(Cc2cccc(-c3ccccc3)c2)CC1)c1ccc2c(c1)CN(Cc1ccc(F)cc1)CCO2. The van der Waals surface area contributed by atoms with Crippen molar-refractivity contribution in [2.45, 2.75) is 45.3 Å². The van der Waals surface area contributed by atoms with Crippen LogP contribution in [0.3, 0.4) is 0 Å². The number of ether oxygens (including phenoxy) is 1. The number of rotatable bonds is 9. The van der Waals surface area contributed by atoms with E-state index in [-0.39, 0.29) is 36.4 Å². The zero-order valence-corrected chi connectivity index (χ0v) is 26.6. The third-order valence-electron chi connectivity index (χ3n) is 8.69. The van der Waals surface area contributed by atoms with Crippen molar-refractivity contribution in [3.05, 3.63) is 125 Å². The van der Waals surface area contributed by atoms with Crippen LogP contribution in [0.15, 0.2) is 97.1 Å². The molecule has 2 aliphatic heterocycles. The number of nitrogens with zero attached hydrogens (tertiary/aromatic N) is 2. The molecule has 0 amide bonds. The van der Waals surface area contributed by atoms with Crippen molar-refractivity contribution in [3.8, 4) is 16.9 Å². The van der Waals surface area contributed by atoms with Crippen LogP contribution in [0.5, 0.6) is 5.75 Å². The van der Waals surface area contributed by atoms with Gasteiger partial charge in [0.1, 0.15) is 18.2 Å². The lowest BCUT2D eigenvalue weighted by Gasteiger charge is -2.32. The molecule has 0 aliphatic carbocycles. The van der Waals surface area contributed by atoms with E-state index < -0.39 is 0 Å². The van der Waals surface area contributed by atoms with E-state index in [0.717, 1.165) is 74.4 Å². The van der Waals surface area contributed by atoms with Crippen LogP contribution in [0.2, 0.25) is 0 Å². The maximum atomic E-state index is 13.3. The third-order valence-corrected chi connectivity index (χ3v) is 8.69. The van der Waals surface area contributed by atoms with Crippen molar-refractivity contribution in [3.63, 3.8) is 0 Å². The average molecular weight is 636 g/mol. The van der Waals surface area contributed by atoms with Crippen molar-refractivity contribution in [1.29, 1.82) is 0 Å². The summed E-state index contributed by atoms with van der Waals surface area (Å²) in [5, 5.41) is 0. The molecule has 2 aliphatic rings. The van der Waals surface area contributed by atoms with Crippen LogP contribution in [0.25, 0.3) is 11.1 Å². The van der Waals surface area contributed by atoms with Crippen LogP contribution < -0.4 is 4.74 Å². The summed E-state index contributed by atoms with van der Waals surface area (Å²) in [7, 11) is 0. The minimum absolute atomic E-state index is 0. The maximum Gasteiger partial charge on any atom is 0.162 e. The summed E-state index contributed by atoms with van der Waals surface area (Å²) in [6.45, 7) is 5.94. The van der Waals surface area contributed by atoms with Crippen molar-refractivity contribution < 1.29 is 13.9 Å². The number of likely N-dealkylation sites (tertiary alicyclic amines) is 1. The zero-order valence-electron chi connectivity index (χ0n) is 25.0. The van der Waals surface area contributed by atoms with Gasteiger partial charge in [-0.05, 0) is 96.9 Å². The first-order chi connectivity index (χ1) is 20.6. The predicted molar refractivity (Wildman–Crippen MR) is 180 cm³/mol. The van der Waals surface area contributed by atoms with Gasteiger partial charge in [-0.3, -0.25) is 14.6 Å². The van der Waals surface area contributed by atoms with Crippen LogP contribution in [0, 0.1) is 11.7 Å². The van der Waals surface area contributed by atoms with Gasteiger partial charge in [0.25, 0.3) is 0 Å². The van der Waals surface area contributed by atoms with Crippen LogP contribution >= 0.6 is 24.8 Å². The first kappa shape index (κ1) is 33.7. The Hall–Kier alpha value is -3.22. The maximum absolute atomic E-state index is 13.3. The Labute approximate surface area is 273 Å². The smallest absolute Gasteiger partial charge is 0.162 e. The molecule has 6 rings (SSSR count). The number of hydrogen-bond acceptors (Lipinski definition) is 4. The molecule has 0 radical (unpaired) electrons. The number of piperidine rings is 1. The minimum Gasteiger partial charge on any atom is -0.492 e. The number of halogens is 3. The van der Waals surface area contributed by atoms with Gasteiger partial charge >= 0.3 is 0 Å². The summed E-state index contributed by atoms with van der Waals surface area (Å²) in [5.41, 5.74) is 6.77. The molecule has 0 saturated carbocycles. The Morgan fingerprint density at radius 3 is 2.25 bits per heavy atom. The van der Waals surface area contributed by atoms with Crippen molar-refractivity contribution in [2.24, 2.45) is 5.92 Å². The van der Waals surface area contributed by atoms with E-state index in [4.69, 9.17) is 4.74 Å². The third kappa shape index (κ3) is 8.92. The van der Waals surface area contributed by atoms with Gasteiger partial charge < -0.3 is 4.74 Å². The lowest BCUT2D eigenvalue weighted by molar-refractivity contribution is 0.0961. The second kappa shape index (κ2) is 16.2. The molecule has 7 heteroatoms. The lowest BCUT2D eigenvalue weighted by atomic mass is 9.90. The van der Waals surface area contributed by atoms with Crippen LogP contribution in [-0.4, -0.2) is 41.8 Å². The Balaban J connectivity index is 0.00000221. The van der Waals surface area contributed by atoms with E-state index in [0.29, 0.717) is 25.5 Å². The molecule has 44 heavy (non-hydrogen) atoms. The normalized spacial score (nSPS) is 15.7. The number of hydrogen-bond donors (Lipinski definition) is 0. The molecule has 232 valence electrons. The number of carbonyl (C=O) groups is 1. The highest BCUT2D eigenvalue weighted by atomic mass is 35.5. The van der Waals surface area contributed by atoms with Crippen LogP contribution in [0.4, 0.5) is 4.39 Å². The summed E-state index contributed by atoms with van der Waals surface area (Å²) in [6, 6.07) is 32.0. The second-order valence-corrected chi connectivity index (χ2v) is 11.8. The molecule has 4 nitrogen and oxygen atoms in total. The molecule has 0 bridgehead atoms. The van der Waals surface area contributed by atoms with E-state index in [1.54, 1.807) is 0 Å². The number of fused-ring (bicyclic) bond motifs is 1. The highest BCUT2D eigenvalue weighted by molar-refractivity contribution is 5.96. The molecule has 1 fully saturated rings. The molecule has 4 aromatic carbocycles. The fraction of sp³-hybridized carbons (Fsp3) is 0.324. The molecule has 0 atom stereocenters. The summed E-state index contributed by atoms with van der Waals surface area (Å²) in [5.74, 6) is 1.44. The van der Waals surface area contributed by atoms with Crippen molar-refractivity contribution in [1.82, 2.24) is 9.80 Å². The Kier molecular flexibility index (Phi) is 12.4. The Morgan fingerprint density at radius 2 is 1.48 bits per heavy atom. The predicted octanol–water partition coefficient (Wildman–Crippen LogP) is 8.61. The topological polar surface area (TPSA) is 32.8 Å².